The molecule has 0 saturated heterocycles. The average Bonchev–Trinajstić information content (AvgIpc) is 2.01. The summed E-state index contributed by atoms with van der Waals surface area (Å²) in [6.07, 6.45) is 0. The molecule has 0 aromatic heterocycles. The Hall–Kier alpha value is -1.68. The van der Waals surface area contributed by atoms with E-state index < -0.39 is 22.1 Å². The van der Waals surface area contributed by atoms with E-state index in [4.69, 9.17) is 9.66 Å². The van der Waals surface area contributed by atoms with Crippen molar-refractivity contribution in [3.05, 3.63) is 29.8 Å². The Morgan fingerprint density at radius 3 is 2.12 bits per heavy atom. The van der Waals surface area contributed by atoms with Crippen molar-refractivity contribution >= 4 is 16.4 Å². The van der Waals surface area contributed by atoms with E-state index in [9.17, 15) is 13.2 Å². The van der Waals surface area contributed by atoms with Crippen LogP contribution < -0.4 is 4.18 Å². The third kappa shape index (κ3) is 4.70. The Bertz CT molecular complexity index is 451. The van der Waals surface area contributed by atoms with Crippen LogP contribution in [0.5, 0.6) is 5.75 Å². The monoisotopic (exact) mass is 254 g/mol. The van der Waals surface area contributed by atoms with Crippen LogP contribution in [0.4, 0.5) is 0 Å². The quantitative estimate of drug-likeness (QED) is 0.651. The van der Waals surface area contributed by atoms with E-state index in [1.807, 2.05) is 0 Å². The third-order valence-corrected chi connectivity index (χ3v) is 1.70. The predicted octanol–water partition coefficient (Wildman–Crippen LogP) is -1.08. The molecule has 8 nitrogen and oxygen atoms in total. The molecule has 0 aliphatic heterocycles. The van der Waals surface area contributed by atoms with Gasteiger partial charge in [-0.1, -0.05) is 12.1 Å². The van der Waals surface area contributed by atoms with Gasteiger partial charge in [-0.2, -0.15) is 8.42 Å². The summed E-state index contributed by atoms with van der Waals surface area (Å²) in [4.78, 5) is 10.6. The highest BCUT2D eigenvalue weighted by molar-refractivity contribution is 7.81. The molecular formula is C7H10O8S. The lowest BCUT2D eigenvalue weighted by Gasteiger charge is -2.03. The van der Waals surface area contributed by atoms with Crippen LogP contribution >= 0.6 is 0 Å². The van der Waals surface area contributed by atoms with Gasteiger partial charge in [-0.25, -0.2) is 4.79 Å². The van der Waals surface area contributed by atoms with Crippen molar-refractivity contribution < 1.29 is 38.0 Å². The lowest BCUT2D eigenvalue weighted by atomic mass is 10.2. The van der Waals surface area contributed by atoms with Crippen LogP contribution in [0, 0.1) is 0 Å². The van der Waals surface area contributed by atoms with Gasteiger partial charge in [0.15, 0.2) is 5.75 Å². The Kier molecular flexibility index (Phi) is 6.30. The molecule has 0 aliphatic rings. The average molecular weight is 254 g/mol. The molecule has 1 rings (SSSR count). The van der Waals surface area contributed by atoms with Crippen LogP contribution in [0.25, 0.3) is 0 Å². The molecule has 92 valence electrons. The highest BCUT2D eigenvalue weighted by Crippen LogP contribution is 2.18. The fourth-order valence-electron chi connectivity index (χ4n) is 0.829. The van der Waals surface area contributed by atoms with Crippen LogP contribution in [0.3, 0.4) is 0 Å². The number of hydrogen-bond donors (Lipinski definition) is 2. The molecule has 0 bridgehead atoms. The SMILES string of the molecule is O.O.O=C(O)c1ccccc1OS(=O)(=O)O. The molecular weight excluding hydrogens is 244 g/mol. The van der Waals surface area contributed by atoms with Crippen molar-refractivity contribution in [2.45, 2.75) is 0 Å². The number of para-hydroxylation sites is 1. The van der Waals surface area contributed by atoms with E-state index in [1.54, 1.807) is 0 Å². The molecule has 0 saturated carbocycles. The Morgan fingerprint density at radius 1 is 1.19 bits per heavy atom. The summed E-state index contributed by atoms with van der Waals surface area (Å²) in [5.41, 5.74) is -0.342. The summed E-state index contributed by atoms with van der Waals surface area (Å²) in [5, 5.41) is 8.61. The third-order valence-electron chi connectivity index (χ3n) is 1.31. The van der Waals surface area contributed by atoms with E-state index in [-0.39, 0.29) is 16.5 Å². The minimum atomic E-state index is -4.70. The lowest BCUT2D eigenvalue weighted by molar-refractivity contribution is 0.0695. The van der Waals surface area contributed by atoms with Gasteiger partial charge < -0.3 is 20.2 Å². The number of carbonyl (C=O) groups is 1. The van der Waals surface area contributed by atoms with Crippen LogP contribution in [0.15, 0.2) is 24.3 Å². The smallest absolute Gasteiger partial charge is 0.446 e. The van der Waals surface area contributed by atoms with Crippen molar-refractivity contribution in [3.8, 4) is 5.75 Å². The first-order chi connectivity index (χ1) is 6.40. The first-order valence-corrected chi connectivity index (χ1v) is 4.76. The molecule has 1 aromatic carbocycles. The molecule has 0 heterocycles. The highest BCUT2D eigenvalue weighted by atomic mass is 32.3. The first-order valence-electron chi connectivity index (χ1n) is 3.39. The van der Waals surface area contributed by atoms with E-state index >= 15 is 0 Å². The molecule has 16 heavy (non-hydrogen) atoms. The normalized spacial score (nSPS) is 9.56. The summed E-state index contributed by atoms with van der Waals surface area (Å²) in [7, 11) is -4.70. The van der Waals surface area contributed by atoms with Gasteiger partial charge in [0.2, 0.25) is 0 Å². The zero-order valence-electron chi connectivity index (χ0n) is 7.75. The van der Waals surface area contributed by atoms with Gasteiger partial charge in [0.05, 0.1) is 0 Å². The van der Waals surface area contributed by atoms with E-state index in [0.717, 1.165) is 12.1 Å². The molecule has 0 fully saturated rings. The predicted molar refractivity (Wildman–Crippen MR) is 52.8 cm³/mol. The Morgan fingerprint density at radius 2 is 1.69 bits per heavy atom. The maximum atomic E-state index is 10.6. The van der Waals surface area contributed by atoms with Gasteiger partial charge >= 0.3 is 16.4 Å². The van der Waals surface area contributed by atoms with E-state index in [2.05, 4.69) is 4.18 Å². The van der Waals surface area contributed by atoms with Gasteiger partial charge in [-0.15, -0.1) is 0 Å². The van der Waals surface area contributed by atoms with Crippen LogP contribution in [-0.4, -0.2) is 35.0 Å². The van der Waals surface area contributed by atoms with Crippen molar-refractivity contribution in [1.82, 2.24) is 0 Å². The van der Waals surface area contributed by atoms with Crippen LogP contribution in [-0.2, 0) is 10.4 Å². The summed E-state index contributed by atoms with van der Waals surface area (Å²) >= 11 is 0. The second kappa shape index (κ2) is 6.02. The largest absolute Gasteiger partial charge is 0.478 e. The fourth-order valence-corrected chi connectivity index (χ4v) is 1.20. The van der Waals surface area contributed by atoms with Crippen molar-refractivity contribution in [3.63, 3.8) is 0 Å². The standard InChI is InChI=1S/C7H6O6S.2H2O/c8-7(9)5-3-1-2-4-6(5)13-14(10,11)12;;/h1-4H,(H,8,9)(H,10,11,12);2*1H2. The number of aromatic carboxylic acids is 1. The molecule has 0 spiro atoms. The summed E-state index contributed by atoms with van der Waals surface area (Å²) in [5.74, 6) is -1.77. The zero-order chi connectivity index (χ0) is 10.8. The number of rotatable bonds is 3. The van der Waals surface area contributed by atoms with Crippen molar-refractivity contribution in [1.29, 1.82) is 0 Å². The lowest BCUT2D eigenvalue weighted by Crippen LogP contribution is -2.10. The second-order valence-electron chi connectivity index (χ2n) is 2.31. The second-order valence-corrected chi connectivity index (χ2v) is 3.33. The summed E-state index contributed by atoms with van der Waals surface area (Å²) in [6, 6.07) is 5.06. The van der Waals surface area contributed by atoms with Crippen molar-refractivity contribution in [2.75, 3.05) is 0 Å². The van der Waals surface area contributed by atoms with Crippen molar-refractivity contribution in [2.24, 2.45) is 0 Å². The topological polar surface area (TPSA) is 164 Å². The zero-order valence-corrected chi connectivity index (χ0v) is 8.56. The maximum Gasteiger partial charge on any atom is 0.446 e. The molecule has 0 radical (unpaired) electrons. The summed E-state index contributed by atoms with van der Waals surface area (Å²) < 4.78 is 33.0. The first kappa shape index (κ1) is 16.7. The van der Waals surface area contributed by atoms with Crippen LogP contribution in [0.1, 0.15) is 10.4 Å². The minimum Gasteiger partial charge on any atom is -0.478 e. The molecule has 0 aliphatic carbocycles. The maximum absolute atomic E-state index is 10.6. The minimum absolute atomic E-state index is 0. The number of benzene rings is 1. The highest BCUT2D eigenvalue weighted by Gasteiger charge is 2.15. The van der Waals surface area contributed by atoms with Gasteiger partial charge in [0.25, 0.3) is 0 Å². The Balaban J connectivity index is 0. The van der Waals surface area contributed by atoms with Gasteiger partial charge in [-0.3, -0.25) is 4.55 Å². The molecule has 1 aromatic rings. The summed E-state index contributed by atoms with van der Waals surface area (Å²) in [6.45, 7) is 0. The molecule has 6 N–H and O–H groups in total. The number of carboxylic acids is 1. The van der Waals surface area contributed by atoms with Crippen LogP contribution in [0.2, 0.25) is 0 Å². The van der Waals surface area contributed by atoms with E-state index in [1.165, 1.54) is 12.1 Å². The number of hydrogen-bond acceptors (Lipinski definition) is 4. The molecule has 0 amide bonds. The van der Waals surface area contributed by atoms with Gasteiger partial charge in [0.1, 0.15) is 5.56 Å². The molecule has 0 unspecified atom stereocenters. The van der Waals surface area contributed by atoms with Gasteiger partial charge in [-0.05, 0) is 12.1 Å². The molecule has 9 heteroatoms. The van der Waals surface area contributed by atoms with Gasteiger partial charge in [0, 0.05) is 0 Å². The molecule has 0 atom stereocenters. The number of carboxylic acid groups (broad SMARTS) is 1. The Labute approximate surface area is 90.7 Å². The fraction of sp³-hybridized carbons (Fsp3) is 0. The van der Waals surface area contributed by atoms with E-state index in [0.29, 0.717) is 0 Å².